The molecule has 142 valence electrons. The molecule has 1 N–H and O–H groups in total. The molecule has 1 atom stereocenters. The highest BCUT2D eigenvalue weighted by molar-refractivity contribution is 5.95. The lowest BCUT2D eigenvalue weighted by molar-refractivity contribution is -0.384. The number of nitrogens with one attached hydrogen (secondary N) is 1. The van der Waals surface area contributed by atoms with Crippen LogP contribution < -0.4 is 10.2 Å². The average Bonchev–Trinajstić information content (AvgIpc) is 2.72. The zero-order valence-electron chi connectivity index (χ0n) is 15.3. The number of amides is 1. The van der Waals surface area contributed by atoms with Crippen molar-refractivity contribution >= 4 is 17.3 Å². The van der Waals surface area contributed by atoms with Gasteiger partial charge >= 0.3 is 0 Å². The Kier molecular flexibility index (Phi) is 6.03. The highest BCUT2D eigenvalue weighted by atomic mass is 16.6. The normalized spacial score (nSPS) is 15.2. The molecule has 7 nitrogen and oxygen atoms in total. The molecular formula is C20H23N3O4. The second-order valence-corrected chi connectivity index (χ2v) is 6.58. The number of anilines is 1. The van der Waals surface area contributed by atoms with Gasteiger partial charge in [0.25, 0.3) is 11.6 Å². The second kappa shape index (κ2) is 8.64. The number of hydrogen-bond donors (Lipinski definition) is 1. The third kappa shape index (κ3) is 4.62. The van der Waals surface area contributed by atoms with Gasteiger partial charge in [-0.1, -0.05) is 37.3 Å². The minimum Gasteiger partial charge on any atom is -0.378 e. The summed E-state index contributed by atoms with van der Waals surface area (Å²) in [6.07, 6.45) is 0. The standard InChI is InChI=1S/C20H23N3O4/c1-15(16-5-3-2-4-6-16)14-21-20(24)17-7-8-18(19(13-17)23(25)26)22-9-11-27-12-10-22/h2-8,13,15H,9-12,14H2,1H3,(H,21,24). The van der Waals surface area contributed by atoms with Crippen molar-refractivity contribution < 1.29 is 14.5 Å². The zero-order valence-corrected chi connectivity index (χ0v) is 15.3. The summed E-state index contributed by atoms with van der Waals surface area (Å²) in [6, 6.07) is 14.5. The van der Waals surface area contributed by atoms with Gasteiger partial charge in [-0.3, -0.25) is 14.9 Å². The van der Waals surface area contributed by atoms with Crippen molar-refractivity contribution in [3.63, 3.8) is 0 Å². The number of nitro groups is 1. The van der Waals surface area contributed by atoms with E-state index in [4.69, 9.17) is 4.74 Å². The largest absolute Gasteiger partial charge is 0.378 e. The lowest BCUT2D eigenvalue weighted by Crippen LogP contribution is -2.36. The van der Waals surface area contributed by atoms with E-state index in [9.17, 15) is 14.9 Å². The molecule has 1 heterocycles. The van der Waals surface area contributed by atoms with Crippen LogP contribution in [-0.4, -0.2) is 43.7 Å². The van der Waals surface area contributed by atoms with E-state index in [0.29, 0.717) is 44.1 Å². The van der Waals surface area contributed by atoms with E-state index in [1.165, 1.54) is 6.07 Å². The molecule has 0 aromatic heterocycles. The Morgan fingerprint density at radius 3 is 2.59 bits per heavy atom. The number of benzene rings is 2. The lowest BCUT2D eigenvalue weighted by atomic mass is 10.0. The SMILES string of the molecule is CC(CNC(=O)c1ccc(N2CCOCC2)c([N+](=O)[O-])c1)c1ccccc1. The molecule has 1 amide bonds. The summed E-state index contributed by atoms with van der Waals surface area (Å²) in [6.45, 7) is 4.76. The summed E-state index contributed by atoms with van der Waals surface area (Å²) in [5, 5.41) is 14.4. The summed E-state index contributed by atoms with van der Waals surface area (Å²) < 4.78 is 5.30. The Morgan fingerprint density at radius 1 is 1.22 bits per heavy atom. The van der Waals surface area contributed by atoms with Crippen molar-refractivity contribution in [2.75, 3.05) is 37.7 Å². The Bertz CT molecular complexity index is 804. The van der Waals surface area contributed by atoms with Gasteiger partial charge < -0.3 is 15.0 Å². The first-order chi connectivity index (χ1) is 13.1. The number of rotatable bonds is 6. The summed E-state index contributed by atoms with van der Waals surface area (Å²) in [4.78, 5) is 25.5. The molecule has 0 saturated carbocycles. The fourth-order valence-corrected chi connectivity index (χ4v) is 3.13. The monoisotopic (exact) mass is 369 g/mol. The predicted octanol–water partition coefficient (Wildman–Crippen LogP) is 2.96. The molecule has 1 unspecified atom stereocenters. The maximum atomic E-state index is 12.5. The van der Waals surface area contributed by atoms with E-state index in [1.54, 1.807) is 12.1 Å². The summed E-state index contributed by atoms with van der Waals surface area (Å²) in [5.41, 5.74) is 1.89. The van der Waals surface area contributed by atoms with Crippen LogP contribution in [0.15, 0.2) is 48.5 Å². The van der Waals surface area contributed by atoms with E-state index >= 15 is 0 Å². The van der Waals surface area contributed by atoms with Gasteiger partial charge in [0.15, 0.2) is 0 Å². The van der Waals surface area contributed by atoms with Crippen molar-refractivity contribution in [2.45, 2.75) is 12.8 Å². The molecule has 0 aliphatic carbocycles. The Labute approximate surface area is 158 Å². The molecule has 1 saturated heterocycles. The maximum absolute atomic E-state index is 12.5. The third-order valence-corrected chi connectivity index (χ3v) is 4.72. The Morgan fingerprint density at radius 2 is 1.93 bits per heavy atom. The number of hydrogen-bond acceptors (Lipinski definition) is 5. The van der Waals surface area contributed by atoms with E-state index in [1.807, 2.05) is 42.2 Å². The third-order valence-electron chi connectivity index (χ3n) is 4.72. The molecule has 0 bridgehead atoms. The fourth-order valence-electron chi connectivity index (χ4n) is 3.13. The summed E-state index contributed by atoms with van der Waals surface area (Å²) >= 11 is 0. The summed E-state index contributed by atoms with van der Waals surface area (Å²) in [7, 11) is 0. The first-order valence-corrected chi connectivity index (χ1v) is 9.00. The van der Waals surface area contributed by atoms with E-state index < -0.39 is 4.92 Å². The first-order valence-electron chi connectivity index (χ1n) is 9.00. The van der Waals surface area contributed by atoms with Gasteiger partial charge in [0.1, 0.15) is 5.69 Å². The van der Waals surface area contributed by atoms with Crippen molar-refractivity contribution in [3.05, 3.63) is 69.8 Å². The van der Waals surface area contributed by atoms with Crippen LogP contribution in [0.4, 0.5) is 11.4 Å². The van der Waals surface area contributed by atoms with Gasteiger partial charge in [0, 0.05) is 31.3 Å². The van der Waals surface area contributed by atoms with Crippen LogP contribution in [-0.2, 0) is 4.74 Å². The molecule has 2 aromatic rings. The molecule has 1 aliphatic rings. The topological polar surface area (TPSA) is 84.7 Å². The van der Waals surface area contributed by atoms with Crippen LogP contribution in [0.25, 0.3) is 0 Å². The average molecular weight is 369 g/mol. The smallest absolute Gasteiger partial charge is 0.293 e. The number of morpholine rings is 1. The van der Waals surface area contributed by atoms with E-state index in [-0.39, 0.29) is 17.5 Å². The van der Waals surface area contributed by atoms with Crippen LogP contribution in [0, 0.1) is 10.1 Å². The molecule has 1 aliphatic heterocycles. The van der Waals surface area contributed by atoms with E-state index in [0.717, 1.165) is 5.56 Å². The quantitative estimate of drug-likeness (QED) is 0.625. The van der Waals surface area contributed by atoms with Gasteiger partial charge in [0.05, 0.1) is 18.1 Å². The maximum Gasteiger partial charge on any atom is 0.293 e. The molecule has 27 heavy (non-hydrogen) atoms. The molecule has 0 spiro atoms. The number of carbonyl (C=O) groups is 1. The molecule has 2 aromatic carbocycles. The number of nitrogens with zero attached hydrogens (tertiary/aromatic N) is 2. The van der Waals surface area contributed by atoms with Crippen molar-refractivity contribution in [1.82, 2.24) is 5.32 Å². The second-order valence-electron chi connectivity index (χ2n) is 6.58. The highest BCUT2D eigenvalue weighted by Gasteiger charge is 2.23. The fraction of sp³-hybridized carbons (Fsp3) is 0.350. The van der Waals surface area contributed by atoms with Crippen molar-refractivity contribution in [2.24, 2.45) is 0 Å². The first kappa shape index (κ1) is 18.8. The van der Waals surface area contributed by atoms with E-state index in [2.05, 4.69) is 5.32 Å². The van der Waals surface area contributed by atoms with Crippen molar-refractivity contribution in [3.8, 4) is 0 Å². The molecular weight excluding hydrogens is 346 g/mol. The van der Waals surface area contributed by atoms with Crippen LogP contribution in [0.5, 0.6) is 0 Å². The minimum atomic E-state index is -0.436. The van der Waals surface area contributed by atoms with Gasteiger partial charge in [0.2, 0.25) is 0 Å². The minimum absolute atomic E-state index is 0.0549. The van der Waals surface area contributed by atoms with Crippen LogP contribution in [0.2, 0.25) is 0 Å². The van der Waals surface area contributed by atoms with Crippen LogP contribution in [0.3, 0.4) is 0 Å². The highest BCUT2D eigenvalue weighted by Crippen LogP contribution is 2.30. The number of nitro benzene ring substituents is 1. The van der Waals surface area contributed by atoms with Crippen LogP contribution in [0.1, 0.15) is 28.8 Å². The molecule has 7 heteroatoms. The molecule has 3 rings (SSSR count). The summed E-state index contributed by atoms with van der Waals surface area (Å²) in [5.74, 6) is -0.160. The van der Waals surface area contributed by atoms with Gasteiger partial charge in [-0.25, -0.2) is 0 Å². The Hall–Kier alpha value is -2.93. The predicted molar refractivity (Wildman–Crippen MR) is 103 cm³/mol. The van der Waals surface area contributed by atoms with Crippen molar-refractivity contribution in [1.29, 1.82) is 0 Å². The van der Waals surface area contributed by atoms with Gasteiger partial charge in [-0.2, -0.15) is 0 Å². The van der Waals surface area contributed by atoms with Gasteiger partial charge in [-0.05, 0) is 23.6 Å². The number of ether oxygens (including phenoxy) is 1. The van der Waals surface area contributed by atoms with Crippen LogP contribution >= 0.6 is 0 Å². The zero-order chi connectivity index (χ0) is 19.2. The van der Waals surface area contributed by atoms with Gasteiger partial charge in [-0.15, -0.1) is 0 Å². The number of carbonyl (C=O) groups excluding carboxylic acids is 1. The molecule has 1 fully saturated rings. The molecule has 0 radical (unpaired) electrons. The Balaban J connectivity index is 1.71. The lowest BCUT2D eigenvalue weighted by Gasteiger charge is -2.28.